The Balaban J connectivity index is 1.62. The maximum absolute atomic E-state index is 6.26. The van der Waals surface area contributed by atoms with Crippen LogP contribution in [0.3, 0.4) is 0 Å². The molecule has 25 heavy (non-hydrogen) atoms. The number of nitrogens with zero attached hydrogens (tertiary/aromatic N) is 4. The Hall–Kier alpha value is -2.92. The Labute approximate surface area is 149 Å². The van der Waals surface area contributed by atoms with Crippen molar-refractivity contribution in [2.24, 2.45) is 0 Å². The highest BCUT2D eigenvalue weighted by Crippen LogP contribution is 2.28. The van der Waals surface area contributed by atoms with Crippen LogP contribution in [-0.4, -0.2) is 19.9 Å². The van der Waals surface area contributed by atoms with E-state index in [1.807, 2.05) is 66.3 Å². The van der Waals surface area contributed by atoms with E-state index in [1.165, 1.54) is 0 Å². The van der Waals surface area contributed by atoms with Crippen LogP contribution >= 0.6 is 11.6 Å². The van der Waals surface area contributed by atoms with Crippen molar-refractivity contribution in [3.05, 3.63) is 77.4 Å². The summed E-state index contributed by atoms with van der Waals surface area (Å²) in [7, 11) is 0. The Morgan fingerprint density at radius 2 is 1.96 bits per heavy atom. The van der Waals surface area contributed by atoms with Gasteiger partial charge in [-0.15, -0.1) is 0 Å². The molecule has 0 N–H and O–H groups in total. The average Bonchev–Trinajstić information content (AvgIpc) is 3.25. The fourth-order valence-corrected chi connectivity index (χ4v) is 2.92. The molecule has 0 saturated heterocycles. The molecule has 3 aromatic heterocycles. The molecule has 0 amide bonds. The van der Waals surface area contributed by atoms with Gasteiger partial charge in [-0.1, -0.05) is 35.0 Å². The van der Waals surface area contributed by atoms with Crippen molar-refractivity contribution in [3.63, 3.8) is 0 Å². The fourth-order valence-electron chi connectivity index (χ4n) is 2.69. The molecule has 5 nitrogen and oxygen atoms in total. The normalized spacial score (nSPS) is 11.0. The quantitative estimate of drug-likeness (QED) is 0.539. The zero-order chi connectivity index (χ0) is 17.2. The Kier molecular flexibility index (Phi) is 4.07. The summed E-state index contributed by atoms with van der Waals surface area (Å²) in [6.07, 6.45) is 3.67. The van der Waals surface area contributed by atoms with Crippen LogP contribution in [0.1, 0.15) is 11.5 Å². The van der Waals surface area contributed by atoms with Crippen LogP contribution < -0.4 is 0 Å². The number of hydrogen-bond donors (Lipinski definition) is 0. The minimum atomic E-state index is 0.573. The molecule has 0 aliphatic rings. The van der Waals surface area contributed by atoms with E-state index in [4.69, 9.17) is 16.1 Å². The molecule has 0 aliphatic heterocycles. The third kappa shape index (κ3) is 3.32. The highest BCUT2D eigenvalue weighted by atomic mass is 35.5. The molecular weight excluding hydrogens is 336 g/mol. The largest absolute Gasteiger partial charge is 0.361 e. The maximum atomic E-state index is 6.26. The van der Waals surface area contributed by atoms with Gasteiger partial charge in [0.15, 0.2) is 0 Å². The van der Waals surface area contributed by atoms with Crippen LogP contribution in [0.25, 0.3) is 22.5 Å². The Bertz CT molecular complexity index is 1020. The summed E-state index contributed by atoms with van der Waals surface area (Å²) in [5.74, 6) is 0.794. The fraction of sp³-hybridized carbons (Fsp3) is 0.105. The van der Waals surface area contributed by atoms with Crippen LogP contribution in [0.4, 0.5) is 0 Å². The van der Waals surface area contributed by atoms with Crippen molar-refractivity contribution in [2.75, 3.05) is 0 Å². The lowest BCUT2D eigenvalue weighted by atomic mass is 10.1. The monoisotopic (exact) mass is 350 g/mol. The molecular formula is C19H15ClN4O. The summed E-state index contributed by atoms with van der Waals surface area (Å²) in [6.45, 7) is 2.45. The van der Waals surface area contributed by atoms with Crippen LogP contribution in [-0.2, 0) is 6.54 Å². The summed E-state index contributed by atoms with van der Waals surface area (Å²) < 4.78 is 6.93. The molecule has 0 bridgehead atoms. The third-order valence-corrected chi connectivity index (χ3v) is 4.14. The number of pyridine rings is 1. The first kappa shape index (κ1) is 15.6. The summed E-state index contributed by atoms with van der Waals surface area (Å²) in [5.41, 5.74) is 4.47. The van der Waals surface area contributed by atoms with E-state index in [-0.39, 0.29) is 0 Å². The van der Waals surface area contributed by atoms with Gasteiger partial charge >= 0.3 is 0 Å². The molecule has 0 saturated carbocycles. The van der Waals surface area contributed by atoms with Crippen LogP contribution in [0.5, 0.6) is 0 Å². The van der Waals surface area contributed by atoms with Crippen molar-refractivity contribution in [1.82, 2.24) is 19.9 Å². The van der Waals surface area contributed by atoms with Crippen molar-refractivity contribution >= 4 is 11.6 Å². The lowest BCUT2D eigenvalue weighted by Crippen LogP contribution is -2.00. The van der Waals surface area contributed by atoms with Crippen LogP contribution in [0, 0.1) is 6.92 Å². The van der Waals surface area contributed by atoms with Gasteiger partial charge in [0.2, 0.25) is 0 Å². The lowest BCUT2D eigenvalue weighted by Gasteiger charge is -2.05. The van der Waals surface area contributed by atoms with Gasteiger partial charge in [0.05, 0.1) is 23.0 Å². The summed E-state index contributed by atoms with van der Waals surface area (Å²) in [5, 5.41) is 9.25. The van der Waals surface area contributed by atoms with E-state index in [0.717, 1.165) is 34.0 Å². The zero-order valence-electron chi connectivity index (χ0n) is 13.6. The van der Waals surface area contributed by atoms with Gasteiger partial charge in [-0.2, -0.15) is 5.10 Å². The van der Waals surface area contributed by atoms with E-state index in [9.17, 15) is 0 Å². The molecule has 4 aromatic rings. The van der Waals surface area contributed by atoms with Gasteiger partial charge in [-0.05, 0) is 31.2 Å². The second kappa shape index (κ2) is 6.53. The number of aromatic nitrogens is 4. The van der Waals surface area contributed by atoms with Gasteiger partial charge < -0.3 is 4.52 Å². The van der Waals surface area contributed by atoms with E-state index >= 15 is 0 Å². The average molecular weight is 351 g/mol. The van der Waals surface area contributed by atoms with Crippen molar-refractivity contribution in [2.45, 2.75) is 13.5 Å². The van der Waals surface area contributed by atoms with Crippen molar-refractivity contribution < 1.29 is 4.52 Å². The van der Waals surface area contributed by atoms with Gasteiger partial charge in [0, 0.05) is 29.6 Å². The highest BCUT2D eigenvalue weighted by Gasteiger charge is 2.09. The van der Waals surface area contributed by atoms with Gasteiger partial charge in [0.1, 0.15) is 11.5 Å². The molecule has 4 rings (SSSR count). The number of aryl methyl sites for hydroxylation is 1. The van der Waals surface area contributed by atoms with E-state index in [2.05, 4.69) is 15.2 Å². The second-order valence-corrected chi connectivity index (χ2v) is 6.15. The second-order valence-electron chi connectivity index (χ2n) is 5.74. The highest BCUT2D eigenvalue weighted by molar-refractivity contribution is 6.33. The Morgan fingerprint density at radius 3 is 2.76 bits per heavy atom. The van der Waals surface area contributed by atoms with Crippen molar-refractivity contribution in [1.29, 1.82) is 0 Å². The molecule has 1 aromatic carbocycles. The number of rotatable bonds is 4. The first-order valence-electron chi connectivity index (χ1n) is 7.86. The zero-order valence-corrected chi connectivity index (χ0v) is 14.3. The number of hydrogen-bond acceptors (Lipinski definition) is 4. The van der Waals surface area contributed by atoms with Crippen molar-refractivity contribution in [3.8, 4) is 22.5 Å². The first-order chi connectivity index (χ1) is 12.2. The van der Waals surface area contributed by atoms with E-state index in [0.29, 0.717) is 11.6 Å². The summed E-state index contributed by atoms with van der Waals surface area (Å²) >= 11 is 6.26. The number of benzene rings is 1. The lowest BCUT2D eigenvalue weighted by molar-refractivity contribution is 0.388. The minimum Gasteiger partial charge on any atom is -0.361 e. The van der Waals surface area contributed by atoms with Crippen LogP contribution in [0.2, 0.25) is 5.02 Å². The van der Waals surface area contributed by atoms with E-state index in [1.54, 1.807) is 6.20 Å². The predicted molar refractivity (Wildman–Crippen MR) is 96.2 cm³/mol. The molecule has 3 heterocycles. The van der Waals surface area contributed by atoms with Crippen LogP contribution in [0.15, 0.2) is 65.4 Å². The van der Waals surface area contributed by atoms with Gasteiger partial charge in [0.25, 0.3) is 0 Å². The third-order valence-electron chi connectivity index (χ3n) is 3.83. The standard InChI is InChI=1S/C19H15ClN4O/c1-13-10-16(23-25-13)12-24-9-7-18(22-24)14-4-2-5-15(11-14)19-17(20)6-3-8-21-19/h2-11H,12H2,1H3. The maximum Gasteiger partial charge on any atom is 0.133 e. The van der Waals surface area contributed by atoms with Gasteiger partial charge in [-0.3, -0.25) is 9.67 Å². The van der Waals surface area contributed by atoms with Gasteiger partial charge in [-0.25, -0.2) is 0 Å². The molecule has 0 atom stereocenters. The predicted octanol–water partition coefficient (Wildman–Crippen LogP) is 4.61. The molecule has 0 radical (unpaired) electrons. The SMILES string of the molecule is Cc1cc(Cn2ccc(-c3cccc(-c4ncccc4Cl)c3)n2)no1. The van der Waals surface area contributed by atoms with E-state index < -0.39 is 0 Å². The molecule has 0 unspecified atom stereocenters. The number of halogens is 1. The molecule has 6 heteroatoms. The molecule has 0 spiro atoms. The molecule has 0 aliphatic carbocycles. The topological polar surface area (TPSA) is 56.7 Å². The summed E-state index contributed by atoms with van der Waals surface area (Å²) in [4.78, 5) is 4.37. The molecule has 124 valence electrons. The summed E-state index contributed by atoms with van der Waals surface area (Å²) in [6, 6.07) is 15.6. The smallest absolute Gasteiger partial charge is 0.133 e. The molecule has 0 fully saturated rings. The first-order valence-corrected chi connectivity index (χ1v) is 8.24. The minimum absolute atomic E-state index is 0.573. The Morgan fingerprint density at radius 1 is 1.08 bits per heavy atom.